The molecule has 34 heavy (non-hydrogen) atoms. The Morgan fingerprint density at radius 2 is 1.79 bits per heavy atom. The second-order valence-corrected chi connectivity index (χ2v) is 10.6. The second kappa shape index (κ2) is 9.52. The molecule has 2 heterocycles. The minimum atomic E-state index is -4.30. The summed E-state index contributed by atoms with van der Waals surface area (Å²) >= 11 is 0. The molecule has 10 nitrogen and oxygen atoms in total. The number of carbonyl (C=O) groups is 2. The number of likely N-dealkylation sites (N-methyl/N-ethyl adjacent to an activating group) is 1. The smallest absolute Gasteiger partial charge is 1.00 e. The van der Waals surface area contributed by atoms with Gasteiger partial charge in [0, 0.05) is 32.5 Å². The average molecular weight is 497 g/mol. The molecule has 12 heteroatoms. The van der Waals surface area contributed by atoms with Gasteiger partial charge in [-0.25, -0.2) is 13.8 Å². The van der Waals surface area contributed by atoms with E-state index in [0.29, 0.717) is 5.69 Å². The van der Waals surface area contributed by atoms with E-state index in [0.717, 1.165) is 59.6 Å². The van der Waals surface area contributed by atoms with Gasteiger partial charge >= 0.3 is 45.8 Å². The first-order chi connectivity index (χ1) is 15.7. The fourth-order valence-corrected chi connectivity index (χ4v) is 6.63. The summed E-state index contributed by atoms with van der Waals surface area (Å²) in [6.45, 7) is 0.232. The number of nitrogens with one attached hydrogen (secondary N) is 2. The summed E-state index contributed by atoms with van der Waals surface area (Å²) in [7, 11) is -0.991. The molecule has 1 fully saturated rings. The Labute approximate surface area is 223 Å². The van der Waals surface area contributed by atoms with Gasteiger partial charge < -0.3 is 11.6 Å². The van der Waals surface area contributed by atoms with Gasteiger partial charge in [0.1, 0.15) is 0 Å². The number of nitrogens with zero attached hydrogens (tertiary/aromatic N) is 4. The molecule has 0 spiro atoms. The zero-order valence-electron chi connectivity index (χ0n) is 20.8. The number of benzene rings is 1. The number of fused-ring (bicyclic) bond motifs is 2. The monoisotopic (exact) mass is 496 g/mol. The van der Waals surface area contributed by atoms with Crippen LogP contribution in [0.25, 0.3) is 0 Å². The molecule has 3 amide bonds. The van der Waals surface area contributed by atoms with Crippen molar-refractivity contribution in [3.63, 3.8) is 0 Å². The summed E-state index contributed by atoms with van der Waals surface area (Å²) in [5.41, 5.74) is 5.81. The maximum atomic E-state index is 13.4. The van der Waals surface area contributed by atoms with Crippen LogP contribution in [0.5, 0.6) is 0 Å². The van der Waals surface area contributed by atoms with E-state index in [1.54, 1.807) is 20.3 Å². The van der Waals surface area contributed by atoms with Crippen molar-refractivity contribution in [2.45, 2.75) is 51.0 Å². The molecular weight excluding hydrogens is 467 g/mol. The molecule has 2 N–H and O–H groups in total. The number of anilines is 2. The predicted molar refractivity (Wildman–Crippen MR) is 124 cm³/mol. The summed E-state index contributed by atoms with van der Waals surface area (Å²) < 4.78 is 31.6. The molecule has 1 unspecified atom stereocenters. The Morgan fingerprint density at radius 1 is 1.15 bits per heavy atom. The van der Waals surface area contributed by atoms with E-state index in [2.05, 4.69) is 21.2 Å². The Morgan fingerprint density at radius 3 is 2.32 bits per heavy atom. The van der Waals surface area contributed by atoms with Crippen molar-refractivity contribution < 1.29 is 49.0 Å². The van der Waals surface area contributed by atoms with Crippen molar-refractivity contribution in [2.24, 2.45) is 7.05 Å². The molecule has 1 saturated heterocycles. The van der Waals surface area contributed by atoms with E-state index < -0.39 is 22.3 Å². The summed E-state index contributed by atoms with van der Waals surface area (Å²) in [5.74, 6) is -0.149. The van der Waals surface area contributed by atoms with Gasteiger partial charge in [-0.2, -0.15) is 13.5 Å². The van der Waals surface area contributed by atoms with E-state index >= 15 is 0 Å². The molecule has 3 aliphatic rings. The first kappa shape index (κ1) is 25.0. The van der Waals surface area contributed by atoms with Crippen molar-refractivity contribution in [2.75, 3.05) is 23.2 Å². The fourth-order valence-electron chi connectivity index (χ4n) is 5.34. The summed E-state index contributed by atoms with van der Waals surface area (Å²) in [4.78, 5) is 26.6. The van der Waals surface area contributed by atoms with Gasteiger partial charge in [-0.05, 0) is 60.8 Å². The van der Waals surface area contributed by atoms with Crippen molar-refractivity contribution in [3.05, 3.63) is 40.7 Å². The molecular formula is C22H29N6NaO4S. The van der Waals surface area contributed by atoms with Crippen molar-refractivity contribution in [1.29, 1.82) is 0 Å². The van der Waals surface area contributed by atoms with Gasteiger partial charge in [0.05, 0.1) is 24.3 Å². The van der Waals surface area contributed by atoms with Crippen LogP contribution < -0.4 is 43.9 Å². The third-order valence-corrected chi connectivity index (χ3v) is 8.26. The number of rotatable bonds is 5. The van der Waals surface area contributed by atoms with Gasteiger partial charge in [-0.3, -0.25) is 9.48 Å². The van der Waals surface area contributed by atoms with Crippen LogP contribution in [0.1, 0.15) is 42.9 Å². The minimum Gasteiger partial charge on any atom is -1.00 e. The molecule has 1 aromatic carbocycles. The van der Waals surface area contributed by atoms with Crippen LogP contribution in [-0.4, -0.2) is 54.7 Å². The predicted octanol–water partition coefficient (Wildman–Crippen LogP) is -1.38. The standard InChI is InChI=1S/C22H28N6O4S.Na.H/c1-26-12-16(10-20(26)29)28(17-11-23-27(2)13-17)33(31,32)25-22(30)24-21-18-7-3-5-14(18)9-15-6-4-8-19(15)21;;/h9,11,13,16H,3-8,10,12H2,1-2H3,(H2,24,25,30);;/q;+1;-1. The van der Waals surface area contributed by atoms with E-state index in [1.807, 2.05) is 0 Å². The van der Waals surface area contributed by atoms with Gasteiger partial charge in [-0.1, -0.05) is 6.07 Å². The van der Waals surface area contributed by atoms with E-state index in [4.69, 9.17) is 0 Å². The Bertz CT molecular complexity index is 1220. The zero-order valence-corrected chi connectivity index (χ0v) is 22.6. The van der Waals surface area contributed by atoms with E-state index in [-0.39, 0.29) is 49.9 Å². The number of carbonyl (C=O) groups excluding carboxylic acids is 2. The quantitative estimate of drug-likeness (QED) is 0.495. The van der Waals surface area contributed by atoms with Gasteiger partial charge in [0.2, 0.25) is 5.91 Å². The minimum absolute atomic E-state index is 0. The molecule has 0 bridgehead atoms. The number of amides is 3. The molecule has 0 radical (unpaired) electrons. The fraction of sp³-hybridized carbons (Fsp3) is 0.500. The van der Waals surface area contributed by atoms with Gasteiger partial charge in [0.15, 0.2) is 0 Å². The maximum absolute atomic E-state index is 13.4. The third kappa shape index (κ3) is 4.58. The first-order valence-electron chi connectivity index (χ1n) is 11.2. The van der Waals surface area contributed by atoms with E-state index in [9.17, 15) is 18.0 Å². The molecule has 2 aliphatic carbocycles. The number of urea groups is 1. The van der Waals surface area contributed by atoms with Crippen LogP contribution in [0.3, 0.4) is 0 Å². The topological polar surface area (TPSA) is 117 Å². The van der Waals surface area contributed by atoms with Crippen LogP contribution in [0.2, 0.25) is 0 Å². The molecule has 0 saturated carbocycles. The molecule has 2 aromatic rings. The largest absolute Gasteiger partial charge is 1.00 e. The zero-order chi connectivity index (χ0) is 23.3. The van der Waals surface area contributed by atoms with Crippen LogP contribution in [0.15, 0.2) is 18.5 Å². The summed E-state index contributed by atoms with van der Waals surface area (Å²) in [6, 6.07) is 0.820. The maximum Gasteiger partial charge on any atom is 1.00 e. The number of hydrogen-bond acceptors (Lipinski definition) is 5. The Hall–Kier alpha value is -2.08. The van der Waals surface area contributed by atoms with E-state index in [1.165, 1.54) is 26.9 Å². The van der Waals surface area contributed by atoms with Gasteiger partial charge in [0.25, 0.3) is 0 Å². The molecule has 1 aromatic heterocycles. The van der Waals surface area contributed by atoms with Gasteiger partial charge in [-0.15, -0.1) is 0 Å². The molecule has 5 rings (SSSR count). The van der Waals surface area contributed by atoms with Crippen LogP contribution in [0, 0.1) is 0 Å². The first-order valence-corrected chi connectivity index (χ1v) is 12.7. The van der Waals surface area contributed by atoms with Crippen LogP contribution in [-0.2, 0) is 47.7 Å². The molecule has 178 valence electrons. The number of hydrogen-bond donors (Lipinski definition) is 2. The SMILES string of the molecule is CN1CC(N(c2cnn(C)c2)S(=O)(=O)NC(=O)Nc2c3c(cc4c2CCC4)CCC3)CC1=O.[H-].[Na+]. The normalized spacial score (nSPS) is 18.9. The van der Waals surface area contributed by atoms with Crippen molar-refractivity contribution in [1.82, 2.24) is 19.4 Å². The summed E-state index contributed by atoms with van der Waals surface area (Å²) in [6.07, 6.45) is 8.79. The number of likely N-dealkylation sites (tertiary alicyclic amines) is 1. The Balaban J connectivity index is 0.00000171. The van der Waals surface area contributed by atoms with Crippen molar-refractivity contribution in [3.8, 4) is 0 Å². The second-order valence-electron chi connectivity index (χ2n) is 9.10. The third-order valence-electron chi connectivity index (χ3n) is 6.79. The summed E-state index contributed by atoms with van der Waals surface area (Å²) in [5, 5.41) is 6.93. The average Bonchev–Trinajstić information content (AvgIpc) is 3.51. The molecule has 1 aliphatic heterocycles. The number of aryl methyl sites for hydroxylation is 3. The number of aromatic nitrogens is 2. The van der Waals surface area contributed by atoms with Crippen LogP contribution in [0.4, 0.5) is 16.2 Å². The van der Waals surface area contributed by atoms with Crippen molar-refractivity contribution >= 4 is 33.5 Å². The molecule has 1 atom stereocenters. The van der Waals surface area contributed by atoms with Crippen LogP contribution >= 0.6 is 0 Å². The Kier molecular flexibility index (Phi) is 7.01.